The van der Waals surface area contributed by atoms with Gasteiger partial charge in [0.15, 0.2) is 0 Å². The molecule has 0 aliphatic carbocycles. The second kappa shape index (κ2) is 5.22. The maximum atomic E-state index is 5.29. The lowest BCUT2D eigenvalue weighted by molar-refractivity contribution is 0.866. The highest BCUT2D eigenvalue weighted by Gasteiger charge is 2.12. The van der Waals surface area contributed by atoms with Crippen molar-refractivity contribution >= 4 is 17.6 Å². The minimum atomic E-state index is 0.362. The number of nitrogens with two attached hydrogens (primary N) is 1. The summed E-state index contributed by atoms with van der Waals surface area (Å²) in [5, 5.41) is 0.362. The molecule has 1 aliphatic rings. The van der Waals surface area contributed by atoms with Crippen LogP contribution in [-0.4, -0.2) is 17.0 Å². The molecule has 0 saturated carbocycles. The average molecular weight is 185 g/mol. The number of allylic oxidation sites excluding steroid dienone is 1. The fourth-order valence-corrected chi connectivity index (χ4v) is 2.08. The average Bonchev–Trinajstić information content (AvgIpc) is 2.15. The van der Waals surface area contributed by atoms with Gasteiger partial charge in [-0.25, -0.2) is 5.84 Å². The SMILES string of the molecule is CC=CCC1N=C(NN)CCS1. The van der Waals surface area contributed by atoms with Crippen molar-refractivity contribution in [2.24, 2.45) is 10.8 Å². The first kappa shape index (κ1) is 9.61. The number of nitrogens with one attached hydrogen (secondary N) is 1. The van der Waals surface area contributed by atoms with E-state index in [1.807, 2.05) is 18.7 Å². The molecule has 0 fully saturated rings. The van der Waals surface area contributed by atoms with Crippen molar-refractivity contribution in [1.82, 2.24) is 5.43 Å². The van der Waals surface area contributed by atoms with E-state index in [4.69, 9.17) is 5.84 Å². The van der Waals surface area contributed by atoms with Crippen LogP contribution in [-0.2, 0) is 0 Å². The molecule has 0 spiro atoms. The number of nitrogens with zero attached hydrogens (tertiary/aromatic N) is 1. The molecule has 0 aromatic carbocycles. The van der Waals surface area contributed by atoms with E-state index in [1.165, 1.54) is 0 Å². The Balaban J connectivity index is 2.43. The molecule has 0 amide bonds. The first-order chi connectivity index (χ1) is 5.86. The number of amidine groups is 1. The Bertz CT molecular complexity index is 189. The van der Waals surface area contributed by atoms with Crippen LogP contribution in [0.25, 0.3) is 0 Å². The van der Waals surface area contributed by atoms with Crippen LogP contribution >= 0.6 is 11.8 Å². The summed E-state index contributed by atoms with van der Waals surface area (Å²) >= 11 is 1.89. The lowest BCUT2D eigenvalue weighted by Crippen LogP contribution is -2.33. The zero-order valence-corrected chi connectivity index (χ0v) is 8.10. The first-order valence-electron chi connectivity index (χ1n) is 4.13. The Kier molecular flexibility index (Phi) is 4.18. The van der Waals surface area contributed by atoms with Gasteiger partial charge in [-0.2, -0.15) is 0 Å². The minimum Gasteiger partial charge on any atom is -0.312 e. The molecule has 0 bridgehead atoms. The zero-order valence-electron chi connectivity index (χ0n) is 7.29. The highest BCUT2D eigenvalue weighted by molar-refractivity contribution is 7.99. The number of thioether (sulfide) groups is 1. The maximum absolute atomic E-state index is 5.29. The Morgan fingerprint density at radius 1 is 1.83 bits per heavy atom. The van der Waals surface area contributed by atoms with E-state index < -0.39 is 0 Å². The molecule has 0 aromatic rings. The number of rotatable bonds is 2. The van der Waals surface area contributed by atoms with E-state index in [0.717, 1.165) is 24.4 Å². The molecular formula is C8H15N3S. The van der Waals surface area contributed by atoms with Crippen LogP contribution in [0.4, 0.5) is 0 Å². The van der Waals surface area contributed by atoms with Crippen molar-refractivity contribution in [1.29, 1.82) is 0 Å². The predicted octanol–water partition coefficient (Wildman–Crippen LogP) is 1.28. The normalized spacial score (nSPS) is 24.2. The van der Waals surface area contributed by atoms with Gasteiger partial charge < -0.3 is 5.43 Å². The van der Waals surface area contributed by atoms with Gasteiger partial charge in [-0.1, -0.05) is 12.2 Å². The van der Waals surface area contributed by atoms with Crippen molar-refractivity contribution in [3.05, 3.63) is 12.2 Å². The Hall–Kier alpha value is -0.480. The lowest BCUT2D eigenvalue weighted by Gasteiger charge is -2.18. The Labute approximate surface area is 77.5 Å². The first-order valence-corrected chi connectivity index (χ1v) is 5.17. The molecule has 1 rings (SSSR count). The van der Waals surface area contributed by atoms with Gasteiger partial charge in [0.2, 0.25) is 0 Å². The molecule has 1 atom stereocenters. The molecule has 1 unspecified atom stereocenters. The van der Waals surface area contributed by atoms with E-state index in [-0.39, 0.29) is 0 Å². The van der Waals surface area contributed by atoms with Crippen molar-refractivity contribution < 1.29 is 0 Å². The Morgan fingerprint density at radius 3 is 3.33 bits per heavy atom. The summed E-state index contributed by atoms with van der Waals surface area (Å²) in [6.07, 6.45) is 6.17. The predicted molar refractivity (Wildman–Crippen MR) is 55.1 cm³/mol. The third kappa shape index (κ3) is 2.87. The highest BCUT2D eigenvalue weighted by Crippen LogP contribution is 2.22. The molecule has 4 heteroatoms. The number of hydrogen-bond acceptors (Lipinski definition) is 4. The molecule has 0 radical (unpaired) electrons. The van der Waals surface area contributed by atoms with Crippen LogP contribution in [0.1, 0.15) is 19.8 Å². The minimum absolute atomic E-state index is 0.362. The van der Waals surface area contributed by atoms with Gasteiger partial charge in [-0.15, -0.1) is 11.8 Å². The van der Waals surface area contributed by atoms with Gasteiger partial charge in [0, 0.05) is 12.2 Å². The number of hydrazine groups is 1. The molecule has 0 aromatic heterocycles. The van der Waals surface area contributed by atoms with Crippen molar-refractivity contribution in [2.75, 3.05) is 5.75 Å². The second-order valence-electron chi connectivity index (χ2n) is 2.60. The zero-order chi connectivity index (χ0) is 8.81. The summed E-state index contributed by atoms with van der Waals surface area (Å²) in [5.41, 5.74) is 2.62. The van der Waals surface area contributed by atoms with Gasteiger partial charge in [-0.05, 0) is 13.3 Å². The smallest absolute Gasteiger partial charge is 0.112 e. The van der Waals surface area contributed by atoms with Crippen LogP contribution in [0.2, 0.25) is 0 Å². The fourth-order valence-electron chi connectivity index (χ4n) is 1.05. The Morgan fingerprint density at radius 2 is 2.67 bits per heavy atom. The summed E-state index contributed by atoms with van der Waals surface area (Å²) in [7, 11) is 0. The second-order valence-corrected chi connectivity index (χ2v) is 3.89. The monoisotopic (exact) mass is 185 g/mol. The van der Waals surface area contributed by atoms with Crippen molar-refractivity contribution in [3.8, 4) is 0 Å². The fraction of sp³-hybridized carbons (Fsp3) is 0.625. The number of hydrogen-bond donors (Lipinski definition) is 2. The van der Waals surface area contributed by atoms with Crippen molar-refractivity contribution in [3.63, 3.8) is 0 Å². The van der Waals surface area contributed by atoms with Crippen molar-refractivity contribution in [2.45, 2.75) is 25.1 Å². The summed E-state index contributed by atoms with van der Waals surface area (Å²) in [6.45, 7) is 2.03. The molecular weight excluding hydrogens is 170 g/mol. The van der Waals surface area contributed by atoms with E-state index in [2.05, 4.69) is 22.6 Å². The summed E-state index contributed by atoms with van der Waals surface area (Å²) < 4.78 is 0. The van der Waals surface area contributed by atoms with Gasteiger partial charge in [0.1, 0.15) is 11.2 Å². The topological polar surface area (TPSA) is 50.4 Å². The molecule has 12 heavy (non-hydrogen) atoms. The van der Waals surface area contributed by atoms with Crippen LogP contribution in [0.3, 0.4) is 0 Å². The van der Waals surface area contributed by atoms with Crippen LogP contribution < -0.4 is 11.3 Å². The third-order valence-electron chi connectivity index (χ3n) is 1.69. The summed E-state index contributed by atoms with van der Waals surface area (Å²) in [5.74, 6) is 7.34. The molecule has 1 heterocycles. The molecule has 68 valence electrons. The molecule has 3 nitrogen and oxygen atoms in total. The van der Waals surface area contributed by atoms with E-state index in [0.29, 0.717) is 5.37 Å². The quantitative estimate of drug-likeness (QED) is 0.387. The van der Waals surface area contributed by atoms with Gasteiger partial charge in [-0.3, -0.25) is 4.99 Å². The van der Waals surface area contributed by atoms with Gasteiger partial charge >= 0.3 is 0 Å². The van der Waals surface area contributed by atoms with Crippen LogP contribution in [0, 0.1) is 0 Å². The van der Waals surface area contributed by atoms with Gasteiger partial charge in [0.25, 0.3) is 0 Å². The van der Waals surface area contributed by atoms with E-state index in [1.54, 1.807) is 0 Å². The lowest BCUT2D eigenvalue weighted by atomic mass is 10.3. The maximum Gasteiger partial charge on any atom is 0.112 e. The van der Waals surface area contributed by atoms with Gasteiger partial charge in [0.05, 0.1) is 0 Å². The highest BCUT2D eigenvalue weighted by atomic mass is 32.2. The standard InChI is InChI=1S/C8H15N3S/c1-2-3-4-8-10-7(11-9)5-6-12-8/h2-3,8H,4-6,9H2,1H3,(H,10,11). The van der Waals surface area contributed by atoms with Crippen LogP contribution in [0.15, 0.2) is 17.1 Å². The van der Waals surface area contributed by atoms with Crippen LogP contribution in [0.5, 0.6) is 0 Å². The molecule has 1 aliphatic heterocycles. The van der Waals surface area contributed by atoms with E-state index >= 15 is 0 Å². The largest absolute Gasteiger partial charge is 0.312 e. The third-order valence-corrected chi connectivity index (χ3v) is 2.81. The molecule has 0 saturated heterocycles. The number of aliphatic imine (C=N–C) groups is 1. The van der Waals surface area contributed by atoms with E-state index in [9.17, 15) is 0 Å². The molecule has 3 N–H and O–H groups in total. The summed E-state index contributed by atoms with van der Waals surface area (Å²) in [6, 6.07) is 0. The summed E-state index contributed by atoms with van der Waals surface area (Å²) in [4.78, 5) is 4.43.